The maximum atomic E-state index is 12.8. The Balaban J connectivity index is 2.12. The molecule has 7 heteroatoms. The summed E-state index contributed by atoms with van der Waals surface area (Å²) >= 11 is 8.42. The van der Waals surface area contributed by atoms with Gasteiger partial charge in [-0.1, -0.05) is 39.4 Å². The van der Waals surface area contributed by atoms with Gasteiger partial charge in [-0.15, -0.1) is 11.8 Å². The minimum absolute atomic E-state index is 0.187. The third-order valence-corrected chi connectivity index (χ3v) is 6.62. The fourth-order valence-corrected chi connectivity index (χ4v) is 5.06. The summed E-state index contributed by atoms with van der Waals surface area (Å²) in [6.45, 7) is 0.832. The van der Waals surface area contributed by atoms with Crippen LogP contribution in [0.3, 0.4) is 0 Å². The maximum absolute atomic E-state index is 12.8. The molecule has 1 aromatic heterocycles. The van der Waals surface area contributed by atoms with Crippen molar-refractivity contribution in [2.75, 3.05) is 18.3 Å². The minimum atomic E-state index is -0.187. The van der Waals surface area contributed by atoms with E-state index in [1.165, 1.54) is 0 Å². The molecule has 0 atom stereocenters. The molecule has 2 aromatic carbocycles. The van der Waals surface area contributed by atoms with E-state index in [9.17, 15) is 4.79 Å². The number of benzene rings is 2. The van der Waals surface area contributed by atoms with Gasteiger partial charge in [0.05, 0.1) is 15.8 Å². The van der Waals surface area contributed by atoms with Crippen molar-refractivity contribution in [3.05, 3.63) is 57.3 Å². The van der Waals surface area contributed by atoms with Crippen molar-refractivity contribution in [1.29, 1.82) is 0 Å². The van der Waals surface area contributed by atoms with Crippen LogP contribution in [0.5, 0.6) is 0 Å². The molecule has 25 heavy (non-hydrogen) atoms. The van der Waals surface area contributed by atoms with Crippen LogP contribution in [0.2, 0.25) is 0 Å². The molecule has 130 valence electrons. The molecule has 0 N–H and O–H groups in total. The van der Waals surface area contributed by atoms with Gasteiger partial charge in [-0.3, -0.25) is 4.79 Å². The topological polar surface area (TPSA) is 34.4 Å². The number of thioether (sulfide) groups is 2. The van der Waals surface area contributed by atoms with Crippen LogP contribution in [0, 0.1) is 0 Å². The second-order valence-corrected chi connectivity index (χ2v) is 9.02. The number of aromatic nitrogens is 1. The molecule has 0 unspecified atom stereocenters. The molecule has 3 aromatic rings. The lowest BCUT2D eigenvalue weighted by molar-refractivity contribution is 0.0995. The molecule has 0 spiro atoms. The van der Waals surface area contributed by atoms with Crippen LogP contribution < -0.4 is 4.80 Å². The Bertz CT molecular complexity index is 978. The van der Waals surface area contributed by atoms with Crippen LogP contribution in [-0.4, -0.2) is 28.7 Å². The van der Waals surface area contributed by atoms with E-state index in [4.69, 9.17) is 0 Å². The van der Waals surface area contributed by atoms with Gasteiger partial charge >= 0.3 is 0 Å². The van der Waals surface area contributed by atoms with Crippen LogP contribution in [-0.2, 0) is 6.54 Å². The van der Waals surface area contributed by atoms with E-state index in [0.29, 0.717) is 5.56 Å². The third-order valence-electron chi connectivity index (χ3n) is 3.70. The smallest absolute Gasteiger partial charge is 0.280 e. The van der Waals surface area contributed by atoms with Crippen LogP contribution >= 0.6 is 50.8 Å². The number of carbonyl (C=O) groups is 1. The van der Waals surface area contributed by atoms with E-state index in [0.717, 1.165) is 36.7 Å². The largest absolute Gasteiger partial charge is 0.316 e. The monoisotopic (exact) mass is 452 g/mol. The van der Waals surface area contributed by atoms with E-state index < -0.39 is 0 Å². The Morgan fingerprint density at radius 1 is 1.24 bits per heavy atom. The Hall–Kier alpha value is -1.02. The van der Waals surface area contributed by atoms with Gasteiger partial charge in [0, 0.05) is 21.7 Å². The Kier molecular flexibility index (Phi) is 6.44. The molecule has 0 bridgehead atoms. The molecule has 3 nitrogen and oxygen atoms in total. The number of hydrogen-bond donors (Lipinski definition) is 0. The number of rotatable bonds is 5. The van der Waals surface area contributed by atoms with Gasteiger partial charge in [0.25, 0.3) is 5.91 Å². The normalized spacial score (nSPS) is 12.0. The third kappa shape index (κ3) is 4.22. The quantitative estimate of drug-likeness (QED) is 0.493. The highest BCUT2D eigenvalue weighted by Gasteiger charge is 2.12. The molecule has 1 amide bonds. The molecule has 0 saturated carbocycles. The van der Waals surface area contributed by atoms with Crippen LogP contribution in [0.4, 0.5) is 0 Å². The van der Waals surface area contributed by atoms with Crippen molar-refractivity contribution >= 4 is 66.9 Å². The van der Waals surface area contributed by atoms with Gasteiger partial charge < -0.3 is 4.57 Å². The van der Waals surface area contributed by atoms with Gasteiger partial charge in [-0.2, -0.15) is 16.8 Å². The number of thiazole rings is 1. The van der Waals surface area contributed by atoms with Crippen LogP contribution in [0.15, 0.2) is 56.8 Å². The van der Waals surface area contributed by atoms with Gasteiger partial charge in [-0.05, 0) is 42.8 Å². The SMILES string of the molecule is CSCCn1c(=NC(=O)c2ccccc2SC)sc2cc(Br)ccc21. The first-order chi connectivity index (χ1) is 12.1. The molecule has 0 radical (unpaired) electrons. The Morgan fingerprint density at radius 3 is 2.80 bits per heavy atom. The summed E-state index contributed by atoms with van der Waals surface area (Å²) in [5.74, 6) is 0.790. The number of halogens is 1. The second kappa shape index (κ2) is 8.58. The summed E-state index contributed by atoms with van der Waals surface area (Å²) in [5, 5.41) is 0. The number of hydrogen-bond acceptors (Lipinski definition) is 4. The molecular weight excluding hydrogens is 436 g/mol. The van der Waals surface area contributed by atoms with E-state index in [-0.39, 0.29) is 5.91 Å². The van der Waals surface area contributed by atoms with Crippen LogP contribution in [0.1, 0.15) is 10.4 Å². The Morgan fingerprint density at radius 2 is 2.04 bits per heavy atom. The first-order valence-corrected chi connectivity index (χ1v) is 11.9. The summed E-state index contributed by atoms with van der Waals surface area (Å²) in [7, 11) is 0. The molecule has 1 heterocycles. The van der Waals surface area contributed by atoms with E-state index in [1.54, 1.807) is 34.9 Å². The van der Waals surface area contributed by atoms with Crippen molar-refractivity contribution in [3.8, 4) is 0 Å². The predicted molar refractivity (Wildman–Crippen MR) is 114 cm³/mol. The summed E-state index contributed by atoms with van der Waals surface area (Å²) in [6, 6.07) is 13.8. The van der Waals surface area contributed by atoms with E-state index in [1.807, 2.05) is 36.6 Å². The highest BCUT2D eigenvalue weighted by molar-refractivity contribution is 9.10. The molecule has 0 aliphatic carbocycles. The number of amides is 1. The number of aryl methyl sites for hydroxylation is 1. The molecule has 0 aliphatic rings. The van der Waals surface area contributed by atoms with E-state index >= 15 is 0 Å². The highest BCUT2D eigenvalue weighted by atomic mass is 79.9. The fourth-order valence-electron chi connectivity index (χ4n) is 2.50. The molecule has 0 fully saturated rings. The van der Waals surface area contributed by atoms with Gasteiger partial charge in [-0.25, -0.2) is 0 Å². The zero-order chi connectivity index (χ0) is 17.8. The zero-order valence-electron chi connectivity index (χ0n) is 13.9. The molecular formula is C18H17BrN2OS3. The van der Waals surface area contributed by atoms with Gasteiger partial charge in [0.2, 0.25) is 0 Å². The first-order valence-electron chi connectivity index (χ1n) is 7.64. The standard InChI is InChI=1S/C18H17BrN2OS3/c1-23-10-9-21-14-8-7-12(19)11-16(14)25-18(21)20-17(22)13-5-3-4-6-15(13)24-2/h3-8,11H,9-10H2,1-2H3. The lowest BCUT2D eigenvalue weighted by Gasteiger charge is -2.05. The Labute approximate surface area is 167 Å². The van der Waals surface area contributed by atoms with Gasteiger partial charge in [0.1, 0.15) is 0 Å². The van der Waals surface area contributed by atoms with E-state index in [2.05, 4.69) is 43.9 Å². The predicted octanol–water partition coefficient (Wildman–Crippen LogP) is 5.29. The van der Waals surface area contributed by atoms with Crippen molar-refractivity contribution in [3.63, 3.8) is 0 Å². The molecule has 0 aliphatic heterocycles. The van der Waals surface area contributed by atoms with Crippen molar-refractivity contribution in [2.45, 2.75) is 11.4 Å². The summed E-state index contributed by atoms with van der Waals surface area (Å²) in [4.78, 5) is 18.9. The van der Waals surface area contributed by atoms with Gasteiger partial charge in [0.15, 0.2) is 4.80 Å². The number of nitrogens with zero attached hydrogens (tertiary/aromatic N) is 2. The maximum Gasteiger partial charge on any atom is 0.280 e. The molecule has 3 rings (SSSR count). The summed E-state index contributed by atoms with van der Waals surface area (Å²) in [5.41, 5.74) is 1.78. The first kappa shape index (κ1) is 18.8. The van der Waals surface area contributed by atoms with Crippen molar-refractivity contribution < 1.29 is 4.79 Å². The minimum Gasteiger partial charge on any atom is -0.316 e. The molecule has 0 saturated heterocycles. The van der Waals surface area contributed by atoms with Crippen molar-refractivity contribution in [1.82, 2.24) is 4.57 Å². The number of fused-ring (bicyclic) bond motifs is 1. The van der Waals surface area contributed by atoms with Crippen molar-refractivity contribution in [2.24, 2.45) is 4.99 Å². The average molecular weight is 453 g/mol. The fraction of sp³-hybridized carbons (Fsp3) is 0.222. The van der Waals surface area contributed by atoms with Crippen LogP contribution in [0.25, 0.3) is 10.2 Å². The zero-order valence-corrected chi connectivity index (χ0v) is 17.9. The summed E-state index contributed by atoms with van der Waals surface area (Å²) in [6.07, 6.45) is 4.06. The summed E-state index contributed by atoms with van der Waals surface area (Å²) < 4.78 is 4.30. The highest BCUT2D eigenvalue weighted by Crippen LogP contribution is 2.23. The number of carbonyl (C=O) groups excluding carboxylic acids is 1. The lowest BCUT2D eigenvalue weighted by Crippen LogP contribution is -2.18. The lowest BCUT2D eigenvalue weighted by atomic mass is 10.2. The second-order valence-electron chi connectivity index (χ2n) is 5.26. The average Bonchev–Trinajstić information content (AvgIpc) is 2.95.